The van der Waals surface area contributed by atoms with Crippen molar-refractivity contribution in [3.05, 3.63) is 11.9 Å². The number of nitrogens with two attached hydrogens (primary N) is 1. The van der Waals surface area contributed by atoms with Gasteiger partial charge in [-0.1, -0.05) is 26.7 Å². The summed E-state index contributed by atoms with van der Waals surface area (Å²) < 4.78 is 0. The van der Waals surface area contributed by atoms with Gasteiger partial charge in [0.2, 0.25) is 0 Å². The maximum atomic E-state index is 5.92. The SMILES string of the molecule is CC(CC1CC1)Nc1ncnc(N)c1C(C)C. The molecule has 1 aliphatic carbocycles. The molecule has 1 fully saturated rings. The van der Waals surface area contributed by atoms with Crippen molar-refractivity contribution >= 4 is 11.6 Å². The summed E-state index contributed by atoms with van der Waals surface area (Å²) >= 11 is 0. The van der Waals surface area contributed by atoms with E-state index in [9.17, 15) is 0 Å². The third-order valence-corrected chi connectivity index (χ3v) is 3.26. The van der Waals surface area contributed by atoms with Gasteiger partial charge in [-0.3, -0.25) is 0 Å². The second-order valence-electron chi connectivity index (χ2n) is 5.40. The highest BCUT2D eigenvalue weighted by molar-refractivity contribution is 5.56. The molecular weight excluding hydrogens is 212 g/mol. The highest BCUT2D eigenvalue weighted by atomic mass is 15.1. The minimum atomic E-state index is 0.340. The molecule has 0 spiro atoms. The Morgan fingerprint density at radius 3 is 2.65 bits per heavy atom. The normalized spacial score (nSPS) is 17.2. The molecule has 17 heavy (non-hydrogen) atoms. The van der Waals surface area contributed by atoms with Gasteiger partial charge in [-0.15, -0.1) is 0 Å². The van der Waals surface area contributed by atoms with Gasteiger partial charge in [0.15, 0.2) is 0 Å². The van der Waals surface area contributed by atoms with Gasteiger partial charge in [0.05, 0.1) is 0 Å². The van der Waals surface area contributed by atoms with Crippen LogP contribution in [0.1, 0.15) is 51.5 Å². The van der Waals surface area contributed by atoms with Crippen LogP contribution in [0.15, 0.2) is 6.33 Å². The van der Waals surface area contributed by atoms with E-state index in [4.69, 9.17) is 5.73 Å². The van der Waals surface area contributed by atoms with E-state index in [1.807, 2.05) is 0 Å². The van der Waals surface area contributed by atoms with Crippen molar-refractivity contribution in [1.29, 1.82) is 0 Å². The lowest BCUT2D eigenvalue weighted by Gasteiger charge is -2.19. The van der Waals surface area contributed by atoms with Gasteiger partial charge in [-0.2, -0.15) is 0 Å². The van der Waals surface area contributed by atoms with Gasteiger partial charge in [0.1, 0.15) is 18.0 Å². The van der Waals surface area contributed by atoms with Crippen LogP contribution in [0.3, 0.4) is 0 Å². The maximum Gasteiger partial charge on any atom is 0.135 e. The molecule has 0 bridgehead atoms. The van der Waals surface area contributed by atoms with Gasteiger partial charge < -0.3 is 11.1 Å². The number of nitrogens with one attached hydrogen (secondary N) is 1. The second kappa shape index (κ2) is 4.90. The second-order valence-corrected chi connectivity index (χ2v) is 5.40. The Hall–Kier alpha value is -1.32. The number of hydrogen-bond donors (Lipinski definition) is 2. The molecule has 1 aromatic heterocycles. The molecule has 0 radical (unpaired) electrons. The van der Waals surface area contributed by atoms with Gasteiger partial charge in [0.25, 0.3) is 0 Å². The Kier molecular flexibility index (Phi) is 3.50. The Balaban J connectivity index is 2.10. The Bertz CT molecular complexity index is 385. The smallest absolute Gasteiger partial charge is 0.135 e. The number of hydrogen-bond acceptors (Lipinski definition) is 4. The highest BCUT2D eigenvalue weighted by Gasteiger charge is 2.24. The number of anilines is 2. The average molecular weight is 234 g/mol. The maximum absolute atomic E-state index is 5.92. The molecular formula is C13H22N4. The van der Waals surface area contributed by atoms with E-state index in [-0.39, 0.29) is 0 Å². The zero-order valence-corrected chi connectivity index (χ0v) is 10.9. The van der Waals surface area contributed by atoms with E-state index in [0.717, 1.165) is 17.3 Å². The van der Waals surface area contributed by atoms with Crippen molar-refractivity contribution in [1.82, 2.24) is 9.97 Å². The lowest BCUT2D eigenvalue weighted by molar-refractivity contribution is 0.638. The first-order chi connectivity index (χ1) is 8.08. The predicted molar refractivity (Wildman–Crippen MR) is 71.0 cm³/mol. The summed E-state index contributed by atoms with van der Waals surface area (Å²) in [7, 11) is 0. The number of nitrogen functional groups attached to an aromatic ring is 1. The molecule has 1 saturated carbocycles. The lowest BCUT2D eigenvalue weighted by atomic mass is 10.0. The van der Waals surface area contributed by atoms with E-state index >= 15 is 0 Å². The fourth-order valence-corrected chi connectivity index (χ4v) is 2.24. The number of aromatic nitrogens is 2. The quantitative estimate of drug-likeness (QED) is 0.822. The first-order valence-corrected chi connectivity index (χ1v) is 6.44. The van der Waals surface area contributed by atoms with Crippen molar-refractivity contribution in [3.63, 3.8) is 0 Å². The van der Waals surface area contributed by atoms with Crippen molar-refractivity contribution in [2.45, 2.75) is 52.0 Å². The zero-order chi connectivity index (χ0) is 12.4. The molecule has 1 atom stereocenters. The molecule has 0 saturated heterocycles. The van der Waals surface area contributed by atoms with Crippen LogP contribution in [0.2, 0.25) is 0 Å². The standard InChI is InChI=1S/C13H22N4/c1-8(2)11-12(14)15-7-16-13(11)17-9(3)6-10-4-5-10/h7-10H,4-6H2,1-3H3,(H3,14,15,16,17). The average Bonchev–Trinajstić information content (AvgIpc) is 3.00. The van der Waals surface area contributed by atoms with E-state index in [2.05, 4.69) is 36.1 Å². The van der Waals surface area contributed by atoms with Crippen molar-refractivity contribution in [2.75, 3.05) is 11.1 Å². The minimum Gasteiger partial charge on any atom is -0.383 e. The molecule has 0 aliphatic heterocycles. The van der Waals surface area contributed by atoms with Crippen LogP contribution >= 0.6 is 0 Å². The van der Waals surface area contributed by atoms with Crippen LogP contribution in [-0.4, -0.2) is 16.0 Å². The fourth-order valence-electron chi connectivity index (χ4n) is 2.24. The summed E-state index contributed by atoms with van der Waals surface area (Å²) in [6.45, 7) is 6.44. The van der Waals surface area contributed by atoms with Gasteiger partial charge >= 0.3 is 0 Å². The van der Waals surface area contributed by atoms with Crippen LogP contribution in [0.4, 0.5) is 11.6 Å². The predicted octanol–water partition coefficient (Wildman–Crippen LogP) is 2.78. The van der Waals surface area contributed by atoms with Crippen LogP contribution in [-0.2, 0) is 0 Å². The Morgan fingerprint density at radius 1 is 1.35 bits per heavy atom. The van der Waals surface area contributed by atoms with Crippen LogP contribution in [0.5, 0.6) is 0 Å². The molecule has 0 amide bonds. The van der Waals surface area contributed by atoms with Crippen LogP contribution < -0.4 is 11.1 Å². The van der Waals surface area contributed by atoms with Gasteiger partial charge in [-0.25, -0.2) is 9.97 Å². The summed E-state index contributed by atoms with van der Waals surface area (Å²) in [5, 5.41) is 3.47. The Morgan fingerprint density at radius 2 is 2.06 bits per heavy atom. The monoisotopic (exact) mass is 234 g/mol. The third kappa shape index (κ3) is 3.08. The van der Waals surface area contributed by atoms with E-state index < -0.39 is 0 Å². The topological polar surface area (TPSA) is 63.8 Å². The molecule has 0 aromatic carbocycles. The van der Waals surface area contributed by atoms with Gasteiger partial charge in [0, 0.05) is 11.6 Å². The largest absolute Gasteiger partial charge is 0.383 e. The zero-order valence-electron chi connectivity index (χ0n) is 10.9. The van der Waals surface area contributed by atoms with E-state index in [1.165, 1.54) is 25.6 Å². The van der Waals surface area contributed by atoms with Crippen LogP contribution in [0.25, 0.3) is 0 Å². The van der Waals surface area contributed by atoms with Crippen molar-refractivity contribution < 1.29 is 0 Å². The molecule has 1 heterocycles. The highest BCUT2D eigenvalue weighted by Crippen LogP contribution is 2.34. The molecule has 2 rings (SSSR count). The van der Waals surface area contributed by atoms with E-state index in [0.29, 0.717) is 17.8 Å². The number of nitrogens with zero attached hydrogens (tertiary/aromatic N) is 2. The van der Waals surface area contributed by atoms with Crippen molar-refractivity contribution in [3.8, 4) is 0 Å². The van der Waals surface area contributed by atoms with E-state index in [1.54, 1.807) is 0 Å². The first-order valence-electron chi connectivity index (χ1n) is 6.44. The van der Waals surface area contributed by atoms with Gasteiger partial charge in [-0.05, 0) is 25.2 Å². The molecule has 1 unspecified atom stereocenters. The molecule has 1 aliphatic rings. The summed E-state index contributed by atoms with van der Waals surface area (Å²) in [5.41, 5.74) is 6.96. The lowest BCUT2D eigenvalue weighted by Crippen LogP contribution is -2.19. The molecule has 4 heteroatoms. The number of rotatable bonds is 5. The summed E-state index contributed by atoms with van der Waals surface area (Å²) in [4.78, 5) is 8.39. The summed E-state index contributed by atoms with van der Waals surface area (Å²) in [5.74, 6) is 2.75. The molecule has 4 nitrogen and oxygen atoms in total. The third-order valence-electron chi connectivity index (χ3n) is 3.26. The summed E-state index contributed by atoms with van der Waals surface area (Å²) in [6.07, 6.45) is 5.53. The van der Waals surface area contributed by atoms with Crippen molar-refractivity contribution in [2.24, 2.45) is 5.92 Å². The first kappa shape index (κ1) is 12.1. The van der Waals surface area contributed by atoms with Crippen LogP contribution in [0, 0.1) is 5.92 Å². The molecule has 94 valence electrons. The molecule has 3 N–H and O–H groups in total. The molecule has 1 aromatic rings. The minimum absolute atomic E-state index is 0.340. The fraction of sp³-hybridized carbons (Fsp3) is 0.692. The Labute approximate surface area is 103 Å². The summed E-state index contributed by atoms with van der Waals surface area (Å²) in [6, 6.07) is 0.453.